The molecule has 0 radical (unpaired) electrons. The van der Waals surface area contributed by atoms with Crippen LogP contribution in [0.2, 0.25) is 0 Å². The first kappa shape index (κ1) is 14.3. The molecule has 0 saturated carbocycles. The van der Waals surface area contributed by atoms with E-state index in [2.05, 4.69) is 5.32 Å². The van der Waals surface area contributed by atoms with E-state index in [9.17, 15) is 4.79 Å². The Balaban J connectivity index is 2.63. The number of ether oxygens (including phenoxy) is 1. The van der Waals surface area contributed by atoms with Gasteiger partial charge in [-0.25, -0.2) is 4.79 Å². The molecule has 1 rings (SSSR count). The Hall–Kier alpha value is -1.75. The molecule has 0 fully saturated rings. The Labute approximate surface area is 108 Å². The number of carbonyl (C=O) groups is 1. The second kappa shape index (κ2) is 6.86. The van der Waals surface area contributed by atoms with Gasteiger partial charge in [-0.1, -0.05) is 6.07 Å². The molecule has 100 valence electrons. The fourth-order valence-electron chi connectivity index (χ4n) is 1.55. The molecule has 0 spiro atoms. The fraction of sp³-hybridized carbons (Fsp3) is 0.462. The summed E-state index contributed by atoms with van der Waals surface area (Å²) < 4.78 is 5.10. The smallest absolute Gasteiger partial charge is 0.321 e. The van der Waals surface area contributed by atoms with Gasteiger partial charge in [-0.3, -0.25) is 0 Å². The van der Waals surface area contributed by atoms with Crippen molar-refractivity contribution in [2.75, 3.05) is 26.0 Å². The quantitative estimate of drug-likeness (QED) is 0.839. The van der Waals surface area contributed by atoms with Crippen molar-refractivity contribution in [3.63, 3.8) is 0 Å². The van der Waals surface area contributed by atoms with Crippen molar-refractivity contribution in [3.8, 4) is 5.75 Å². The van der Waals surface area contributed by atoms with Crippen molar-refractivity contribution in [1.82, 2.24) is 4.90 Å². The molecule has 2 amide bonds. The van der Waals surface area contributed by atoms with E-state index in [4.69, 9.17) is 10.5 Å². The molecule has 5 heteroatoms. The van der Waals surface area contributed by atoms with Gasteiger partial charge in [-0.2, -0.15) is 0 Å². The van der Waals surface area contributed by atoms with Crippen LogP contribution in [-0.2, 0) is 0 Å². The predicted molar refractivity (Wildman–Crippen MR) is 72.9 cm³/mol. The molecule has 1 aromatic rings. The van der Waals surface area contributed by atoms with Crippen LogP contribution >= 0.6 is 0 Å². The number of methoxy groups -OCH3 is 1. The molecule has 0 aliphatic carbocycles. The molecule has 5 nitrogen and oxygen atoms in total. The number of nitrogens with two attached hydrogens (primary N) is 1. The van der Waals surface area contributed by atoms with Crippen molar-refractivity contribution in [3.05, 3.63) is 24.3 Å². The van der Waals surface area contributed by atoms with E-state index in [1.807, 2.05) is 25.1 Å². The monoisotopic (exact) mass is 251 g/mol. The van der Waals surface area contributed by atoms with E-state index in [0.717, 1.165) is 6.42 Å². The van der Waals surface area contributed by atoms with Crippen LogP contribution in [0.1, 0.15) is 13.3 Å². The zero-order valence-electron chi connectivity index (χ0n) is 11.1. The topological polar surface area (TPSA) is 67.6 Å². The van der Waals surface area contributed by atoms with Gasteiger partial charge in [0.05, 0.1) is 7.11 Å². The van der Waals surface area contributed by atoms with E-state index in [-0.39, 0.29) is 12.1 Å². The van der Waals surface area contributed by atoms with Crippen LogP contribution in [0.3, 0.4) is 0 Å². The molecule has 3 N–H and O–H groups in total. The highest BCUT2D eigenvalue weighted by Gasteiger charge is 2.14. The van der Waals surface area contributed by atoms with Crippen LogP contribution in [-0.4, -0.2) is 37.7 Å². The number of benzene rings is 1. The second-order valence-electron chi connectivity index (χ2n) is 4.20. The summed E-state index contributed by atoms with van der Waals surface area (Å²) in [5.41, 5.74) is 6.20. The van der Waals surface area contributed by atoms with Gasteiger partial charge in [0.15, 0.2) is 0 Å². The maximum atomic E-state index is 12.0. The summed E-state index contributed by atoms with van der Waals surface area (Å²) in [7, 11) is 3.35. The van der Waals surface area contributed by atoms with Gasteiger partial charge in [0.25, 0.3) is 0 Å². The number of carbonyl (C=O) groups excluding carboxylic acids is 1. The number of nitrogens with one attached hydrogen (secondary N) is 1. The minimum absolute atomic E-state index is 0.112. The lowest BCUT2D eigenvalue weighted by molar-refractivity contribution is 0.206. The molecular formula is C13H21N3O2. The molecule has 1 atom stereocenters. The second-order valence-corrected chi connectivity index (χ2v) is 4.20. The summed E-state index contributed by atoms with van der Waals surface area (Å²) >= 11 is 0. The molecule has 0 bridgehead atoms. The first-order valence-corrected chi connectivity index (χ1v) is 5.96. The Kier molecular flexibility index (Phi) is 5.45. The van der Waals surface area contributed by atoms with Gasteiger partial charge in [0.2, 0.25) is 0 Å². The van der Waals surface area contributed by atoms with E-state index in [0.29, 0.717) is 18.0 Å². The highest BCUT2D eigenvalue weighted by Crippen LogP contribution is 2.17. The lowest BCUT2D eigenvalue weighted by Crippen LogP contribution is -2.39. The maximum Gasteiger partial charge on any atom is 0.321 e. The summed E-state index contributed by atoms with van der Waals surface area (Å²) in [6.07, 6.45) is 0.780. The van der Waals surface area contributed by atoms with Crippen LogP contribution in [0.25, 0.3) is 0 Å². The first-order valence-electron chi connectivity index (χ1n) is 5.96. The van der Waals surface area contributed by atoms with Gasteiger partial charge in [0, 0.05) is 24.8 Å². The van der Waals surface area contributed by atoms with Gasteiger partial charge in [-0.15, -0.1) is 0 Å². The highest BCUT2D eigenvalue weighted by atomic mass is 16.5. The van der Waals surface area contributed by atoms with Crippen molar-refractivity contribution >= 4 is 11.7 Å². The minimum atomic E-state index is -0.149. The first-order chi connectivity index (χ1) is 8.58. The fourth-order valence-corrected chi connectivity index (χ4v) is 1.55. The molecule has 18 heavy (non-hydrogen) atoms. The number of anilines is 1. The molecular weight excluding hydrogens is 230 g/mol. The number of rotatable bonds is 5. The third-order valence-electron chi connectivity index (χ3n) is 2.89. The van der Waals surface area contributed by atoms with Crippen LogP contribution in [0.4, 0.5) is 10.5 Å². The van der Waals surface area contributed by atoms with Crippen LogP contribution in [0.5, 0.6) is 5.75 Å². The maximum absolute atomic E-state index is 12.0. The van der Waals surface area contributed by atoms with E-state index in [1.54, 1.807) is 25.1 Å². The molecule has 0 aliphatic rings. The van der Waals surface area contributed by atoms with Crippen molar-refractivity contribution in [1.29, 1.82) is 0 Å². The molecule has 1 unspecified atom stereocenters. The van der Waals surface area contributed by atoms with Crippen LogP contribution in [0.15, 0.2) is 24.3 Å². The summed E-state index contributed by atoms with van der Waals surface area (Å²) in [5, 5.41) is 2.82. The number of nitrogens with zero attached hydrogens (tertiary/aromatic N) is 1. The lowest BCUT2D eigenvalue weighted by Gasteiger charge is -2.24. The molecule has 0 aromatic heterocycles. The van der Waals surface area contributed by atoms with Crippen LogP contribution in [0, 0.1) is 0 Å². The number of amides is 2. The Morgan fingerprint density at radius 1 is 1.56 bits per heavy atom. The third kappa shape index (κ3) is 3.92. The van der Waals surface area contributed by atoms with Gasteiger partial charge in [0.1, 0.15) is 5.75 Å². The summed E-state index contributed by atoms with van der Waals surface area (Å²) in [6, 6.07) is 7.22. The Morgan fingerprint density at radius 2 is 2.28 bits per heavy atom. The summed E-state index contributed by atoms with van der Waals surface area (Å²) in [5.74, 6) is 0.713. The zero-order chi connectivity index (χ0) is 13.5. The third-order valence-corrected chi connectivity index (χ3v) is 2.89. The molecule has 0 heterocycles. The standard InChI is InChI=1S/C13H21N3O2/c1-10(7-8-14)16(2)13(17)15-11-5-4-6-12(9-11)18-3/h4-6,9-10H,7-8,14H2,1-3H3,(H,15,17). The Morgan fingerprint density at radius 3 is 2.89 bits per heavy atom. The highest BCUT2D eigenvalue weighted by molar-refractivity contribution is 5.89. The van der Waals surface area contributed by atoms with Crippen molar-refractivity contribution in [2.24, 2.45) is 5.73 Å². The van der Waals surface area contributed by atoms with Crippen molar-refractivity contribution < 1.29 is 9.53 Å². The van der Waals surface area contributed by atoms with E-state index < -0.39 is 0 Å². The Bertz CT molecular complexity index is 396. The van der Waals surface area contributed by atoms with E-state index in [1.165, 1.54) is 0 Å². The SMILES string of the molecule is COc1cccc(NC(=O)N(C)C(C)CCN)c1. The zero-order valence-corrected chi connectivity index (χ0v) is 11.1. The van der Waals surface area contributed by atoms with Crippen molar-refractivity contribution in [2.45, 2.75) is 19.4 Å². The molecule has 0 aliphatic heterocycles. The lowest BCUT2D eigenvalue weighted by atomic mass is 10.2. The average Bonchev–Trinajstić information content (AvgIpc) is 2.38. The molecule has 1 aromatic carbocycles. The predicted octanol–water partition coefficient (Wildman–Crippen LogP) is 1.90. The number of urea groups is 1. The molecule has 0 saturated heterocycles. The number of hydrogen-bond acceptors (Lipinski definition) is 3. The number of hydrogen-bond donors (Lipinski definition) is 2. The van der Waals surface area contributed by atoms with Gasteiger partial charge >= 0.3 is 6.03 Å². The average molecular weight is 251 g/mol. The van der Waals surface area contributed by atoms with Crippen LogP contribution < -0.4 is 15.8 Å². The minimum Gasteiger partial charge on any atom is -0.497 e. The summed E-state index contributed by atoms with van der Waals surface area (Å²) in [4.78, 5) is 13.6. The van der Waals surface area contributed by atoms with Gasteiger partial charge < -0.3 is 20.7 Å². The van der Waals surface area contributed by atoms with Gasteiger partial charge in [-0.05, 0) is 32.0 Å². The van der Waals surface area contributed by atoms with E-state index >= 15 is 0 Å². The summed E-state index contributed by atoms with van der Waals surface area (Å²) in [6.45, 7) is 2.54. The largest absolute Gasteiger partial charge is 0.497 e. The normalized spacial score (nSPS) is 11.8.